The Balaban J connectivity index is 1.85. The second-order valence-electron chi connectivity index (χ2n) is 6.16. The number of nitrogens with one attached hydrogen (secondary N) is 1. The lowest BCUT2D eigenvalue weighted by Gasteiger charge is -2.25. The van der Waals surface area contributed by atoms with Crippen molar-refractivity contribution in [2.75, 3.05) is 20.3 Å². The number of ether oxygens (including phenoxy) is 3. The Hall–Kier alpha value is -2.76. The topological polar surface area (TPSA) is 69.7 Å². The number of methoxy groups -OCH3 is 1. The minimum atomic E-state index is -0.224. The number of carbonyl (C=O) groups is 1. The van der Waals surface area contributed by atoms with Crippen LogP contribution in [0.1, 0.15) is 35.8 Å². The van der Waals surface area contributed by atoms with Gasteiger partial charge in [0.15, 0.2) is 11.5 Å². The summed E-state index contributed by atoms with van der Waals surface area (Å²) in [5.41, 5.74) is 1.38. The van der Waals surface area contributed by atoms with E-state index < -0.39 is 0 Å². The van der Waals surface area contributed by atoms with Crippen molar-refractivity contribution in [3.05, 3.63) is 47.7 Å². The van der Waals surface area contributed by atoms with Crippen LogP contribution in [0.2, 0.25) is 0 Å². The maximum Gasteiger partial charge on any atom is 0.257 e. The fraction of sp³-hybridized carbons (Fsp3) is 0.368. The van der Waals surface area contributed by atoms with E-state index in [1.54, 1.807) is 18.3 Å². The third kappa shape index (κ3) is 3.68. The Morgan fingerprint density at radius 3 is 2.68 bits per heavy atom. The Morgan fingerprint density at radius 1 is 1.20 bits per heavy atom. The molecule has 1 aromatic heterocycles. The van der Waals surface area contributed by atoms with Gasteiger partial charge in [0.05, 0.1) is 13.2 Å². The molecule has 1 unspecified atom stereocenters. The molecular weight excluding hydrogens is 320 g/mol. The van der Waals surface area contributed by atoms with Crippen LogP contribution in [0, 0.1) is 5.92 Å². The van der Waals surface area contributed by atoms with E-state index in [2.05, 4.69) is 24.1 Å². The molecule has 6 heteroatoms. The predicted octanol–water partition coefficient (Wildman–Crippen LogP) is 2.99. The maximum absolute atomic E-state index is 12.7. The number of rotatable bonds is 5. The van der Waals surface area contributed by atoms with Crippen LogP contribution in [0.15, 0.2) is 36.5 Å². The minimum absolute atomic E-state index is 0.173. The van der Waals surface area contributed by atoms with Crippen molar-refractivity contribution < 1.29 is 19.0 Å². The van der Waals surface area contributed by atoms with Gasteiger partial charge in [-0.25, -0.2) is 4.98 Å². The molecule has 1 aromatic carbocycles. The first kappa shape index (κ1) is 17.1. The maximum atomic E-state index is 12.7. The summed E-state index contributed by atoms with van der Waals surface area (Å²) in [7, 11) is 1.50. The van der Waals surface area contributed by atoms with E-state index in [-0.39, 0.29) is 17.9 Å². The molecule has 0 saturated carbocycles. The molecule has 1 aliphatic heterocycles. The normalized spacial score (nSPS) is 14.1. The van der Waals surface area contributed by atoms with Gasteiger partial charge in [-0.1, -0.05) is 19.9 Å². The fourth-order valence-electron chi connectivity index (χ4n) is 2.83. The highest BCUT2D eigenvalue weighted by Crippen LogP contribution is 2.34. The molecule has 1 atom stereocenters. The zero-order chi connectivity index (χ0) is 17.8. The average molecular weight is 342 g/mol. The Labute approximate surface area is 147 Å². The molecule has 1 N–H and O–H groups in total. The van der Waals surface area contributed by atoms with Crippen molar-refractivity contribution in [2.24, 2.45) is 5.92 Å². The largest absolute Gasteiger partial charge is 0.486 e. The Bertz CT molecular complexity index is 761. The number of hydrogen-bond acceptors (Lipinski definition) is 5. The monoisotopic (exact) mass is 342 g/mol. The lowest BCUT2D eigenvalue weighted by atomic mass is 9.95. The molecule has 0 bridgehead atoms. The second-order valence-corrected chi connectivity index (χ2v) is 6.16. The van der Waals surface area contributed by atoms with Crippen molar-refractivity contribution in [3.8, 4) is 17.4 Å². The molecule has 1 amide bonds. The van der Waals surface area contributed by atoms with Crippen LogP contribution in [0.5, 0.6) is 17.4 Å². The number of benzene rings is 1. The fourth-order valence-corrected chi connectivity index (χ4v) is 2.83. The van der Waals surface area contributed by atoms with Gasteiger partial charge in [0.25, 0.3) is 5.91 Å². The summed E-state index contributed by atoms with van der Waals surface area (Å²) in [5, 5.41) is 3.08. The molecule has 0 fully saturated rings. The highest BCUT2D eigenvalue weighted by atomic mass is 16.6. The number of hydrogen-bond donors (Lipinski definition) is 1. The quantitative estimate of drug-likeness (QED) is 0.904. The Kier molecular flexibility index (Phi) is 5.07. The average Bonchev–Trinajstić information content (AvgIpc) is 2.65. The first-order chi connectivity index (χ1) is 12.1. The molecule has 0 saturated heterocycles. The molecule has 132 valence electrons. The van der Waals surface area contributed by atoms with Gasteiger partial charge >= 0.3 is 0 Å². The lowest BCUT2D eigenvalue weighted by molar-refractivity contribution is 0.0921. The van der Waals surface area contributed by atoms with Gasteiger partial charge in [0.1, 0.15) is 18.8 Å². The first-order valence-corrected chi connectivity index (χ1v) is 8.29. The van der Waals surface area contributed by atoms with E-state index in [1.165, 1.54) is 7.11 Å². The summed E-state index contributed by atoms with van der Waals surface area (Å²) < 4.78 is 16.4. The van der Waals surface area contributed by atoms with E-state index in [9.17, 15) is 4.79 Å². The molecule has 2 aromatic rings. The van der Waals surface area contributed by atoms with Gasteiger partial charge in [-0.2, -0.15) is 0 Å². The van der Waals surface area contributed by atoms with Crippen molar-refractivity contribution in [2.45, 2.75) is 19.9 Å². The number of aromatic nitrogens is 1. The third-order valence-corrected chi connectivity index (χ3v) is 4.09. The van der Waals surface area contributed by atoms with E-state index >= 15 is 0 Å². The summed E-state index contributed by atoms with van der Waals surface area (Å²) in [6.45, 7) is 5.20. The number of pyridine rings is 1. The van der Waals surface area contributed by atoms with Crippen LogP contribution in [0.4, 0.5) is 0 Å². The molecule has 3 rings (SSSR count). The Morgan fingerprint density at radius 2 is 1.96 bits per heavy atom. The molecule has 25 heavy (non-hydrogen) atoms. The molecule has 2 heterocycles. The summed E-state index contributed by atoms with van der Waals surface area (Å²) in [6, 6.07) is 9.01. The zero-order valence-corrected chi connectivity index (χ0v) is 14.6. The predicted molar refractivity (Wildman–Crippen MR) is 93.3 cm³/mol. The second kappa shape index (κ2) is 7.42. The van der Waals surface area contributed by atoms with Crippen LogP contribution in [0.25, 0.3) is 0 Å². The molecule has 0 spiro atoms. The number of carbonyl (C=O) groups excluding carboxylic acids is 1. The van der Waals surface area contributed by atoms with Crippen LogP contribution >= 0.6 is 0 Å². The first-order valence-electron chi connectivity index (χ1n) is 8.29. The highest BCUT2D eigenvalue weighted by Gasteiger charge is 2.23. The summed E-state index contributed by atoms with van der Waals surface area (Å²) in [5.74, 6) is 1.72. The van der Waals surface area contributed by atoms with E-state index in [0.717, 1.165) is 11.3 Å². The van der Waals surface area contributed by atoms with Crippen molar-refractivity contribution >= 4 is 5.91 Å². The standard InChI is InChI=1S/C19H22N2O4/c1-12(2)17(13-6-7-15-16(11-13)25-10-9-24-15)21-18(22)14-5-4-8-20-19(14)23-3/h4-8,11-12,17H,9-10H2,1-3H3,(H,21,22). The van der Waals surface area contributed by atoms with Crippen LogP contribution in [-0.2, 0) is 0 Å². The van der Waals surface area contributed by atoms with Crippen molar-refractivity contribution in [3.63, 3.8) is 0 Å². The third-order valence-electron chi connectivity index (χ3n) is 4.09. The van der Waals surface area contributed by atoms with Crippen LogP contribution in [-0.4, -0.2) is 31.2 Å². The zero-order valence-electron chi connectivity index (χ0n) is 14.6. The molecule has 0 radical (unpaired) electrons. The van der Waals surface area contributed by atoms with Gasteiger partial charge in [0, 0.05) is 6.20 Å². The lowest BCUT2D eigenvalue weighted by Crippen LogP contribution is -2.32. The van der Waals surface area contributed by atoms with Gasteiger partial charge in [-0.3, -0.25) is 4.79 Å². The van der Waals surface area contributed by atoms with Gasteiger partial charge in [-0.15, -0.1) is 0 Å². The summed E-state index contributed by atoms with van der Waals surface area (Å²) in [4.78, 5) is 16.8. The number of amides is 1. The minimum Gasteiger partial charge on any atom is -0.486 e. The summed E-state index contributed by atoms with van der Waals surface area (Å²) >= 11 is 0. The molecule has 1 aliphatic rings. The van der Waals surface area contributed by atoms with E-state index in [4.69, 9.17) is 14.2 Å². The van der Waals surface area contributed by atoms with Gasteiger partial charge in [0.2, 0.25) is 5.88 Å². The summed E-state index contributed by atoms with van der Waals surface area (Å²) in [6.07, 6.45) is 1.59. The molecule has 6 nitrogen and oxygen atoms in total. The van der Waals surface area contributed by atoms with Crippen LogP contribution in [0.3, 0.4) is 0 Å². The van der Waals surface area contributed by atoms with E-state index in [0.29, 0.717) is 30.4 Å². The van der Waals surface area contributed by atoms with E-state index in [1.807, 2.05) is 18.2 Å². The smallest absolute Gasteiger partial charge is 0.257 e. The van der Waals surface area contributed by atoms with Crippen molar-refractivity contribution in [1.82, 2.24) is 10.3 Å². The highest BCUT2D eigenvalue weighted by molar-refractivity contribution is 5.96. The molecular formula is C19H22N2O4. The van der Waals surface area contributed by atoms with Crippen molar-refractivity contribution in [1.29, 1.82) is 0 Å². The molecule has 0 aliphatic carbocycles. The van der Waals surface area contributed by atoms with Gasteiger partial charge < -0.3 is 19.5 Å². The SMILES string of the molecule is COc1ncccc1C(=O)NC(c1ccc2c(c1)OCCO2)C(C)C. The number of fused-ring (bicyclic) bond motifs is 1. The number of nitrogens with zero attached hydrogens (tertiary/aromatic N) is 1. The van der Waals surface area contributed by atoms with Gasteiger partial charge in [-0.05, 0) is 35.7 Å². The van der Waals surface area contributed by atoms with Crippen LogP contribution < -0.4 is 19.5 Å².